The fourth-order valence-electron chi connectivity index (χ4n) is 2.86. The summed E-state index contributed by atoms with van der Waals surface area (Å²) in [4.78, 5) is 25.1. The van der Waals surface area contributed by atoms with E-state index in [-0.39, 0.29) is 30.0 Å². The standard InChI is InChI=1S/C16H21F2N3O2/c17-13-5-4-11(9-14(13)18)20-16(23)6-8-21-7-2-1-3-12(21)10-15(19)22/h4-5,9,12H,1-3,6-8,10H2,(H2,19,22)(H,20,23)/t12-/m0/s1. The molecular formula is C16H21F2N3O2. The Morgan fingerprint density at radius 1 is 1.26 bits per heavy atom. The van der Waals surface area contributed by atoms with Crippen molar-refractivity contribution in [1.29, 1.82) is 0 Å². The zero-order valence-electron chi connectivity index (χ0n) is 12.9. The SMILES string of the molecule is NC(=O)C[C@@H]1CCCCN1CCC(=O)Nc1ccc(F)c(F)c1. The maximum Gasteiger partial charge on any atom is 0.225 e. The van der Waals surface area contributed by atoms with E-state index >= 15 is 0 Å². The third-order valence-corrected chi connectivity index (χ3v) is 4.02. The molecule has 1 aromatic rings. The van der Waals surface area contributed by atoms with Crippen LogP contribution in [0.25, 0.3) is 0 Å². The van der Waals surface area contributed by atoms with Crippen LogP contribution < -0.4 is 11.1 Å². The summed E-state index contributed by atoms with van der Waals surface area (Å²) in [6, 6.07) is 3.31. The Balaban J connectivity index is 1.84. The van der Waals surface area contributed by atoms with E-state index in [0.29, 0.717) is 13.0 Å². The van der Waals surface area contributed by atoms with Gasteiger partial charge in [-0.15, -0.1) is 0 Å². The van der Waals surface area contributed by atoms with Gasteiger partial charge in [-0.2, -0.15) is 0 Å². The summed E-state index contributed by atoms with van der Waals surface area (Å²) in [7, 11) is 0. The van der Waals surface area contributed by atoms with Crippen LogP contribution in [0.3, 0.4) is 0 Å². The molecule has 3 N–H and O–H groups in total. The zero-order chi connectivity index (χ0) is 16.8. The highest BCUT2D eigenvalue weighted by Crippen LogP contribution is 2.20. The van der Waals surface area contributed by atoms with E-state index in [2.05, 4.69) is 10.2 Å². The van der Waals surface area contributed by atoms with Crippen molar-refractivity contribution in [2.75, 3.05) is 18.4 Å². The number of nitrogens with one attached hydrogen (secondary N) is 1. The molecule has 126 valence electrons. The summed E-state index contributed by atoms with van der Waals surface area (Å²) < 4.78 is 25.9. The average molecular weight is 325 g/mol. The molecule has 1 fully saturated rings. The number of rotatable bonds is 6. The maximum atomic E-state index is 13.1. The number of benzene rings is 1. The molecule has 0 bridgehead atoms. The van der Waals surface area contributed by atoms with Crippen molar-refractivity contribution in [2.45, 2.75) is 38.1 Å². The molecule has 0 aliphatic carbocycles. The van der Waals surface area contributed by atoms with Crippen molar-refractivity contribution in [3.63, 3.8) is 0 Å². The number of carbonyl (C=O) groups excluding carboxylic acids is 2. The predicted octanol–water partition coefficient (Wildman–Crippen LogP) is 2.02. The van der Waals surface area contributed by atoms with Crippen LogP contribution in [0.15, 0.2) is 18.2 Å². The van der Waals surface area contributed by atoms with E-state index in [1.165, 1.54) is 6.07 Å². The predicted molar refractivity (Wildman–Crippen MR) is 82.6 cm³/mol. The van der Waals surface area contributed by atoms with Crippen molar-refractivity contribution in [3.8, 4) is 0 Å². The molecule has 23 heavy (non-hydrogen) atoms. The number of hydrogen-bond acceptors (Lipinski definition) is 3. The van der Waals surface area contributed by atoms with Gasteiger partial charge in [0.1, 0.15) is 0 Å². The Labute approximate surface area is 133 Å². The molecule has 0 radical (unpaired) electrons. The second-order valence-electron chi connectivity index (χ2n) is 5.78. The largest absolute Gasteiger partial charge is 0.370 e. The highest BCUT2D eigenvalue weighted by atomic mass is 19.2. The van der Waals surface area contributed by atoms with Gasteiger partial charge in [0.15, 0.2) is 11.6 Å². The highest BCUT2D eigenvalue weighted by Gasteiger charge is 2.24. The van der Waals surface area contributed by atoms with Gasteiger partial charge >= 0.3 is 0 Å². The number of primary amides is 1. The first-order valence-electron chi connectivity index (χ1n) is 7.73. The third-order valence-electron chi connectivity index (χ3n) is 4.02. The summed E-state index contributed by atoms with van der Waals surface area (Å²) in [5, 5.41) is 2.54. The number of anilines is 1. The van der Waals surface area contributed by atoms with Crippen LogP contribution in [0, 0.1) is 11.6 Å². The smallest absolute Gasteiger partial charge is 0.225 e. The molecule has 1 saturated heterocycles. The lowest BCUT2D eigenvalue weighted by Gasteiger charge is -2.34. The van der Waals surface area contributed by atoms with E-state index in [9.17, 15) is 18.4 Å². The number of likely N-dealkylation sites (tertiary alicyclic amines) is 1. The third kappa shape index (κ3) is 5.28. The summed E-state index contributed by atoms with van der Waals surface area (Å²) in [6.45, 7) is 1.34. The van der Waals surface area contributed by atoms with Crippen LogP contribution in [0.2, 0.25) is 0 Å². The number of halogens is 2. The molecule has 1 atom stereocenters. The zero-order valence-corrected chi connectivity index (χ0v) is 12.9. The summed E-state index contributed by atoms with van der Waals surface area (Å²) in [5.41, 5.74) is 5.48. The van der Waals surface area contributed by atoms with Crippen LogP contribution in [-0.2, 0) is 9.59 Å². The molecular weight excluding hydrogens is 304 g/mol. The molecule has 2 rings (SSSR count). The van der Waals surface area contributed by atoms with Crippen molar-refractivity contribution in [1.82, 2.24) is 4.90 Å². The minimum Gasteiger partial charge on any atom is -0.370 e. The average Bonchev–Trinajstić information content (AvgIpc) is 2.49. The minimum atomic E-state index is -1.000. The summed E-state index contributed by atoms with van der Waals surface area (Å²) in [6.07, 6.45) is 3.49. The lowest BCUT2D eigenvalue weighted by molar-refractivity contribution is -0.119. The van der Waals surface area contributed by atoms with E-state index in [1.807, 2.05) is 0 Å². The fourth-order valence-corrected chi connectivity index (χ4v) is 2.86. The second kappa shape index (κ2) is 8.01. The van der Waals surface area contributed by atoms with Crippen molar-refractivity contribution in [3.05, 3.63) is 29.8 Å². The van der Waals surface area contributed by atoms with Crippen LogP contribution in [0.1, 0.15) is 32.1 Å². The molecule has 0 aromatic heterocycles. The second-order valence-corrected chi connectivity index (χ2v) is 5.78. The number of hydrogen-bond donors (Lipinski definition) is 2. The van der Waals surface area contributed by atoms with Gasteiger partial charge in [-0.1, -0.05) is 6.42 Å². The van der Waals surface area contributed by atoms with Gasteiger partial charge in [0.05, 0.1) is 0 Å². The number of amides is 2. The van der Waals surface area contributed by atoms with Gasteiger partial charge in [0, 0.05) is 37.2 Å². The molecule has 5 nitrogen and oxygen atoms in total. The van der Waals surface area contributed by atoms with E-state index in [1.54, 1.807) is 0 Å². The number of nitrogens with two attached hydrogens (primary N) is 1. The molecule has 0 unspecified atom stereocenters. The Morgan fingerprint density at radius 2 is 2.04 bits per heavy atom. The normalized spacial score (nSPS) is 18.6. The van der Waals surface area contributed by atoms with Crippen LogP contribution in [-0.4, -0.2) is 35.8 Å². The molecule has 2 amide bonds. The quantitative estimate of drug-likeness (QED) is 0.840. The number of piperidine rings is 1. The van der Waals surface area contributed by atoms with Crippen molar-refractivity contribution < 1.29 is 18.4 Å². The van der Waals surface area contributed by atoms with Gasteiger partial charge < -0.3 is 11.1 Å². The van der Waals surface area contributed by atoms with E-state index in [4.69, 9.17) is 5.73 Å². The Morgan fingerprint density at radius 3 is 2.74 bits per heavy atom. The summed E-state index contributed by atoms with van der Waals surface area (Å²) >= 11 is 0. The van der Waals surface area contributed by atoms with Gasteiger partial charge in [0.25, 0.3) is 0 Å². The van der Waals surface area contributed by atoms with E-state index < -0.39 is 11.6 Å². The van der Waals surface area contributed by atoms with Gasteiger partial charge in [-0.05, 0) is 31.5 Å². The Kier molecular flexibility index (Phi) is 6.04. The first-order valence-corrected chi connectivity index (χ1v) is 7.73. The van der Waals surface area contributed by atoms with Crippen molar-refractivity contribution in [2.24, 2.45) is 5.73 Å². The highest BCUT2D eigenvalue weighted by molar-refractivity contribution is 5.90. The fraction of sp³-hybridized carbons (Fsp3) is 0.500. The summed E-state index contributed by atoms with van der Waals surface area (Å²) in [5.74, 6) is -2.57. The van der Waals surface area contributed by atoms with Crippen LogP contribution in [0.5, 0.6) is 0 Å². The maximum absolute atomic E-state index is 13.1. The van der Waals surface area contributed by atoms with Gasteiger partial charge in [0.2, 0.25) is 11.8 Å². The molecule has 0 spiro atoms. The topological polar surface area (TPSA) is 75.4 Å². The molecule has 1 aromatic carbocycles. The molecule has 0 saturated carbocycles. The van der Waals surface area contributed by atoms with Crippen molar-refractivity contribution >= 4 is 17.5 Å². The molecule has 1 aliphatic heterocycles. The lowest BCUT2D eigenvalue weighted by atomic mass is 9.99. The minimum absolute atomic E-state index is 0.0808. The molecule has 1 heterocycles. The molecule has 1 aliphatic rings. The van der Waals surface area contributed by atoms with E-state index in [0.717, 1.165) is 37.9 Å². The van der Waals surface area contributed by atoms with Gasteiger partial charge in [-0.25, -0.2) is 8.78 Å². The monoisotopic (exact) mass is 325 g/mol. The number of carbonyl (C=O) groups is 2. The lowest BCUT2D eigenvalue weighted by Crippen LogP contribution is -2.43. The van der Waals surface area contributed by atoms with Crippen LogP contribution in [0.4, 0.5) is 14.5 Å². The Hall–Kier alpha value is -2.02. The first-order chi connectivity index (χ1) is 11.0. The van der Waals surface area contributed by atoms with Crippen LogP contribution >= 0.6 is 0 Å². The molecule has 7 heteroatoms. The van der Waals surface area contributed by atoms with Gasteiger partial charge in [-0.3, -0.25) is 14.5 Å². The number of nitrogens with zero attached hydrogens (tertiary/aromatic N) is 1. The Bertz CT molecular complexity index is 580. The first kappa shape index (κ1) is 17.3.